The average molecular weight is 428 g/mol. The molecule has 106 valence electrons. The van der Waals surface area contributed by atoms with E-state index < -0.39 is 0 Å². The summed E-state index contributed by atoms with van der Waals surface area (Å²) in [5.41, 5.74) is 9.35. The third-order valence-corrected chi connectivity index (χ3v) is 4.70. The van der Waals surface area contributed by atoms with E-state index in [1.165, 1.54) is 0 Å². The summed E-state index contributed by atoms with van der Waals surface area (Å²) in [6.45, 7) is 0. The molecule has 3 aromatic rings. The summed E-state index contributed by atoms with van der Waals surface area (Å²) in [4.78, 5) is 4.45. The predicted octanol–water partition coefficient (Wildman–Crippen LogP) is 5.74. The Bertz CT molecular complexity index is 837. The van der Waals surface area contributed by atoms with E-state index in [0.29, 0.717) is 10.7 Å². The Balaban J connectivity index is 2.08. The van der Waals surface area contributed by atoms with Crippen molar-refractivity contribution in [1.29, 1.82) is 0 Å². The highest BCUT2D eigenvalue weighted by Crippen LogP contribution is 2.32. The number of nitrogen functional groups attached to an aromatic ring is 1. The molecule has 6 heteroatoms. The first-order chi connectivity index (χ1) is 10.0. The minimum atomic E-state index is 0.671. The van der Waals surface area contributed by atoms with E-state index in [1.54, 1.807) is 6.20 Å². The number of fused-ring (bicyclic) bond motifs is 1. The first kappa shape index (κ1) is 14.6. The number of rotatable bonds is 2. The SMILES string of the molecule is Nc1ccc(Nc2ccc(Cl)c(Br)c2)c2ncc(Br)cc12. The Morgan fingerprint density at radius 1 is 1.10 bits per heavy atom. The molecule has 0 aliphatic heterocycles. The fourth-order valence-electron chi connectivity index (χ4n) is 2.05. The van der Waals surface area contributed by atoms with Crippen molar-refractivity contribution in [3.63, 3.8) is 0 Å². The molecule has 0 fully saturated rings. The molecule has 0 atom stereocenters. The number of hydrogen-bond donors (Lipinski definition) is 2. The predicted molar refractivity (Wildman–Crippen MR) is 96.3 cm³/mol. The number of hydrogen-bond acceptors (Lipinski definition) is 3. The lowest BCUT2D eigenvalue weighted by Crippen LogP contribution is -1.96. The Labute approximate surface area is 143 Å². The number of pyridine rings is 1. The van der Waals surface area contributed by atoms with Gasteiger partial charge >= 0.3 is 0 Å². The van der Waals surface area contributed by atoms with Crippen molar-refractivity contribution in [3.8, 4) is 0 Å². The molecule has 2 aromatic carbocycles. The van der Waals surface area contributed by atoms with Crippen molar-refractivity contribution in [2.45, 2.75) is 0 Å². The lowest BCUT2D eigenvalue weighted by atomic mass is 10.1. The van der Waals surface area contributed by atoms with Gasteiger partial charge in [0.2, 0.25) is 0 Å². The summed E-state index contributed by atoms with van der Waals surface area (Å²) < 4.78 is 1.73. The monoisotopic (exact) mass is 425 g/mol. The van der Waals surface area contributed by atoms with E-state index in [1.807, 2.05) is 36.4 Å². The third kappa shape index (κ3) is 3.00. The van der Waals surface area contributed by atoms with Crippen molar-refractivity contribution < 1.29 is 0 Å². The second kappa shape index (κ2) is 5.83. The van der Waals surface area contributed by atoms with Gasteiger partial charge in [-0.15, -0.1) is 0 Å². The van der Waals surface area contributed by atoms with Gasteiger partial charge in [-0.05, 0) is 68.3 Å². The zero-order valence-corrected chi connectivity index (χ0v) is 14.6. The highest BCUT2D eigenvalue weighted by atomic mass is 79.9. The standard InChI is InChI=1S/C15H10Br2ClN3/c16-8-5-10-13(19)3-4-14(15(10)20-7-8)21-9-1-2-12(18)11(17)6-9/h1-7,21H,19H2. The maximum atomic E-state index is 6.02. The fraction of sp³-hybridized carbons (Fsp3) is 0. The highest BCUT2D eigenvalue weighted by molar-refractivity contribution is 9.10. The van der Waals surface area contributed by atoms with E-state index in [0.717, 1.165) is 31.2 Å². The van der Waals surface area contributed by atoms with Crippen LogP contribution < -0.4 is 11.1 Å². The molecule has 3 N–H and O–H groups in total. The van der Waals surface area contributed by atoms with Crippen LogP contribution in [0.5, 0.6) is 0 Å². The topological polar surface area (TPSA) is 50.9 Å². The molecule has 21 heavy (non-hydrogen) atoms. The van der Waals surface area contributed by atoms with Crippen LogP contribution in [-0.4, -0.2) is 4.98 Å². The number of nitrogens with one attached hydrogen (secondary N) is 1. The number of nitrogens with zero attached hydrogens (tertiary/aromatic N) is 1. The summed E-state index contributed by atoms with van der Waals surface area (Å²) in [5.74, 6) is 0. The lowest BCUT2D eigenvalue weighted by Gasteiger charge is -2.11. The van der Waals surface area contributed by atoms with Crippen molar-refractivity contribution in [3.05, 3.63) is 56.6 Å². The lowest BCUT2D eigenvalue weighted by molar-refractivity contribution is 1.38. The van der Waals surface area contributed by atoms with Crippen LogP contribution in [0.2, 0.25) is 5.02 Å². The van der Waals surface area contributed by atoms with Gasteiger partial charge in [0.05, 0.1) is 16.2 Å². The van der Waals surface area contributed by atoms with Crippen molar-refractivity contribution in [2.24, 2.45) is 0 Å². The van der Waals surface area contributed by atoms with Gasteiger partial charge in [0.25, 0.3) is 0 Å². The molecule has 0 radical (unpaired) electrons. The van der Waals surface area contributed by atoms with E-state index in [2.05, 4.69) is 42.2 Å². The highest BCUT2D eigenvalue weighted by Gasteiger charge is 2.07. The molecule has 0 saturated carbocycles. The maximum Gasteiger partial charge on any atom is 0.0958 e. The van der Waals surface area contributed by atoms with Gasteiger partial charge in [-0.2, -0.15) is 0 Å². The van der Waals surface area contributed by atoms with Gasteiger partial charge < -0.3 is 11.1 Å². The summed E-state index contributed by atoms with van der Waals surface area (Å²) >= 11 is 12.8. The minimum absolute atomic E-state index is 0.671. The van der Waals surface area contributed by atoms with Gasteiger partial charge in [0.1, 0.15) is 0 Å². The summed E-state index contributed by atoms with van der Waals surface area (Å²) in [5, 5.41) is 4.92. The Kier molecular flexibility index (Phi) is 4.06. The summed E-state index contributed by atoms with van der Waals surface area (Å²) in [7, 11) is 0. The van der Waals surface area contributed by atoms with Crippen LogP contribution >= 0.6 is 43.5 Å². The first-order valence-corrected chi connectivity index (χ1v) is 8.07. The zero-order chi connectivity index (χ0) is 15.0. The summed E-state index contributed by atoms with van der Waals surface area (Å²) in [6.07, 6.45) is 1.75. The van der Waals surface area contributed by atoms with Gasteiger partial charge in [-0.1, -0.05) is 11.6 Å². The molecule has 3 nitrogen and oxygen atoms in total. The minimum Gasteiger partial charge on any atom is -0.398 e. The molecule has 3 rings (SSSR count). The van der Waals surface area contributed by atoms with E-state index in [4.69, 9.17) is 17.3 Å². The van der Waals surface area contributed by atoms with Crippen LogP contribution in [0.1, 0.15) is 0 Å². The molecule has 0 aliphatic carbocycles. The van der Waals surface area contributed by atoms with Gasteiger partial charge in [-0.25, -0.2) is 0 Å². The van der Waals surface area contributed by atoms with Crippen molar-refractivity contribution in [2.75, 3.05) is 11.1 Å². The van der Waals surface area contributed by atoms with Crippen LogP contribution in [0, 0.1) is 0 Å². The van der Waals surface area contributed by atoms with Crippen LogP contribution in [0.15, 0.2) is 51.5 Å². The first-order valence-electron chi connectivity index (χ1n) is 6.10. The van der Waals surface area contributed by atoms with Crippen molar-refractivity contribution in [1.82, 2.24) is 4.98 Å². The van der Waals surface area contributed by atoms with Gasteiger partial charge in [0, 0.05) is 31.9 Å². The molecular weight excluding hydrogens is 417 g/mol. The number of anilines is 3. The van der Waals surface area contributed by atoms with Gasteiger partial charge in [0.15, 0.2) is 0 Å². The van der Waals surface area contributed by atoms with Crippen LogP contribution in [0.3, 0.4) is 0 Å². The molecule has 0 spiro atoms. The fourth-order valence-corrected chi connectivity index (χ4v) is 2.87. The molecule has 0 saturated heterocycles. The maximum absolute atomic E-state index is 6.02. The van der Waals surface area contributed by atoms with E-state index in [9.17, 15) is 0 Å². The zero-order valence-electron chi connectivity index (χ0n) is 10.7. The Morgan fingerprint density at radius 2 is 1.90 bits per heavy atom. The quantitative estimate of drug-likeness (QED) is 0.513. The third-order valence-electron chi connectivity index (χ3n) is 3.05. The normalized spacial score (nSPS) is 10.8. The van der Waals surface area contributed by atoms with Crippen LogP contribution in [-0.2, 0) is 0 Å². The number of aromatic nitrogens is 1. The second-order valence-corrected chi connectivity index (χ2v) is 6.68. The molecule has 1 aromatic heterocycles. The molecule has 0 aliphatic rings. The molecule has 0 amide bonds. The number of benzene rings is 2. The Hall–Kier alpha value is -1.30. The second-order valence-electron chi connectivity index (χ2n) is 4.51. The van der Waals surface area contributed by atoms with E-state index in [-0.39, 0.29) is 0 Å². The summed E-state index contributed by atoms with van der Waals surface area (Å²) in [6, 6.07) is 11.4. The molecule has 0 unspecified atom stereocenters. The number of halogens is 3. The molecule has 1 heterocycles. The van der Waals surface area contributed by atoms with Crippen LogP contribution in [0.25, 0.3) is 10.9 Å². The van der Waals surface area contributed by atoms with Gasteiger partial charge in [-0.3, -0.25) is 4.98 Å². The average Bonchev–Trinajstić information content (AvgIpc) is 2.46. The molecule has 0 bridgehead atoms. The smallest absolute Gasteiger partial charge is 0.0958 e. The largest absolute Gasteiger partial charge is 0.398 e. The Morgan fingerprint density at radius 3 is 2.67 bits per heavy atom. The van der Waals surface area contributed by atoms with Crippen molar-refractivity contribution >= 4 is 71.4 Å². The van der Waals surface area contributed by atoms with E-state index >= 15 is 0 Å². The molecular formula is C15H10Br2ClN3. The van der Waals surface area contributed by atoms with Crippen LogP contribution in [0.4, 0.5) is 17.1 Å². The number of nitrogens with two attached hydrogens (primary N) is 1.